The molecule has 1 aliphatic rings. The highest BCUT2D eigenvalue weighted by molar-refractivity contribution is 5.91. The fourth-order valence-corrected chi connectivity index (χ4v) is 4.07. The zero-order chi connectivity index (χ0) is 19.5. The van der Waals surface area contributed by atoms with Crippen LogP contribution >= 0.6 is 0 Å². The number of rotatable bonds is 5. The first-order chi connectivity index (χ1) is 12.8. The average molecular weight is 367 g/mol. The summed E-state index contributed by atoms with van der Waals surface area (Å²) in [5.74, 6) is 0.800. The zero-order valence-corrected chi connectivity index (χ0v) is 16.7. The number of methoxy groups -OCH3 is 1. The van der Waals surface area contributed by atoms with Crippen LogP contribution < -0.4 is 10.1 Å². The van der Waals surface area contributed by atoms with Gasteiger partial charge in [-0.2, -0.15) is 0 Å². The molecule has 27 heavy (non-hydrogen) atoms. The van der Waals surface area contributed by atoms with Gasteiger partial charge in [0.1, 0.15) is 5.75 Å². The number of hydrogen-bond acceptors (Lipinski definition) is 3. The van der Waals surface area contributed by atoms with Crippen LogP contribution in [-0.4, -0.2) is 25.2 Å². The van der Waals surface area contributed by atoms with Crippen molar-refractivity contribution in [2.75, 3.05) is 19.0 Å². The van der Waals surface area contributed by atoms with E-state index >= 15 is 0 Å². The lowest BCUT2D eigenvalue weighted by Crippen LogP contribution is -2.45. The van der Waals surface area contributed by atoms with Gasteiger partial charge in [-0.1, -0.05) is 29.8 Å². The average Bonchev–Trinajstić information content (AvgIpc) is 2.62. The normalized spacial score (nSPS) is 21.5. The van der Waals surface area contributed by atoms with Crippen LogP contribution in [0, 0.1) is 6.92 Å². The highest BCUT2D eigenvalue weighted by atomic mass is 16.5. The lowest BCUT2D eigenvalue weighted by atomic mass is 9.67. The summed E-state index contributed by atoms with van der Waals surface area (Å²) in [5, 5.41) is 3.04. The Balaban J connectivity index is 1.82. The summed E-state index contributed by atoms with van der Waals surface area (Å²) in [5.41, 5.74) is 2.76. The number of aryl methyl sites for hydroxylation is 1. The van der Waals surface area contributed by atoms with Gasteiger partial charge >= 0.3 is 0 Å². The Labute approximate surface area is 161 Å². The maximum atomic E-state index is 12.9. The molecule has 0 spiro atoms. The van der Waals surface area contributed by atoms with E-state index in [1.807, 2.05) is 24.3 Å². The standard InChI is InChI=1S/C23H29NO3/c1-17-5-7-18(8-6-17)23(13-14-27-22(2,3)16-23)15-21(25)24-19-9-11-20(26-4)12-10-19/h5-12H,13-16H2,1-4H3,(H,24,25)/t23-/m1/s1. The number of benzene rings is 2. The van der Waals surface area contributed by atoms with Crippen molar-refractivity contribution in [3.05, 3.63) is 59.7 Å². The van der Waals surface area contributed by atoms with Gasteiger partial charge in [-0.25, -0.2) is 0 Å². The molecule has 144 valence electrons. The largest absolute Gasteiger partial charge is 0.497 e. The van der Waals surface area contributed by atoms with E-state index in [0.29, 0.717) is 13.0 Å². The fraction of sp³-hybridized carbons (Fsp3) is 0.435. The van der Waals surface area contributed by atoms with Gasteiger partial charge in [0.15, 0.2) is 0 Å². The number of carbonyl (C=O) groups is 1. The summed E-state index contributed by atoms with van der Waals surface area (Å²) in [4.78, 5) is 12.9. The fourth-order valence-electron chi connectivity index (χ4n) is 4.07. The molecular weight excluding hydrogens is 338 g/mol. The second-order valence-corrected chi connectivity index (χ2v) is 8.13. The maximum absolute atomic E-state index is 12.9. The third kappa shape index (κ3) is 4.69. The van der Waals surface area contributed by atoms with Crippen LogP contribution in [-0.2, 0) is 14.9 Å². The molecule has 1 aliphatic heterocycles. The van der Waals surface area contributed by atoms with Crippen LogP contribution in [0.1, 0.15) is 44.2 Å². The summed E-state index contributed by atoms with van der Waals surface area (Å²) < 4.78 is 11.1. The Hall–Kier alpha value is -2.33. The van der Waals surface area contributed by atoms with Crippen molar-refractivity contribution in [2.24, 2.45) is 0 Å². The number of amides is 1. The van der Waals surface area contributed by atoms with Crippen LogP contribution in [0.15, 0.2) is 48.5 Å². The van der Waals surface area contributed by atoms with E-state index in [1.165, 1.54) is 11.1 Å². The summed E-state index contributed by atoms with van der Waals surface area (Å²) in [7, 11) is 1.63. The van der Waals surface area contributed by atoms with Crippen molar-refractivity contribution in [3.63, 3.8) is 0 Å². The van der Waals surface area contributed by atoms with Crippen LogP contribution in [0.3, 0.4) is 0 Å². The predicted molar refractivity (Wildman–Crippen MR) is 108 cm³/mol. The number of anilines is 1. The third-order valence-corrected chi connectivity index (χ3v) is 5.37. The van der Waals surface area contributed by atoms with Gasteiger partial charge in [-0.15, -0.1) is 0 Å². The topological polar surface area (TPSA) is 47.6 Å². The second-order valence-electron chi connectivity index (χ2n) is 8.13. The first-order valence-electron chi connectivity index (χ1n) is 9.47. The SMILES string of the molecule is COc1ccc(NC(=O)C[C@]2(c3ccc(C)cc3)CCOC(C)(C)C2)cc1. The Morgan fingerprint density at radius 1 is 1.11 bits per heavy atom. The zero-order valence-electron chi connectivity index (χ0n) is 16.7. The number of nitrogens with one attached hydrogen (secondary N) is 1. The van der Waals surface area contributed by atoms with Crippen molar-refractivity contribution >= 4 is 11.6 Å². The van der Waals surface area contributed by atoms with E-state index in [1.54, 1.807) is 7.11 Å². The van der Waals surface area contributed by atoms with Gasteiger partial charge in [0.25, 0.3) is 0 Å². The van der Waals surface area contributed by atoms with Crippen molar-refractivity contribution in [1.82, 2.24) is 0 Å². The Morgan fingerprint density at radius 3 is 2.37 bits per heavy atom. The Bertz CT molecular complexity index is 780. The molecule has 0 unspecified atom stereocenters. The highest BCUT2D eigenvalue weighted by Gasteiger charge is 2.43. The molecule has 1 heterocycles. The minimum Gasteiger partial charge on any atom is -0.497 e. The minimum absolute atomic E-state index is 0.0263. The van der Waals surface area contributed by atoms with Gasteiger partial charge in [0, 0.05) is 24.1 Å². The molecule has 2 aromatic carbocycles. The number of hydrogen-bond donors (Lipinski definition) is 1. The molecule has 0 aliphatic carbocycles. The van der Waals surface area contributed by atoms with Gasteiger partial charge in [0.05, 0.1) is 12.7 Å². The van der Waals surface area contributed by atoms with Crippen molar-refractivity contribution in [1.29, 1.82) is 0 Å². The van der Waals surface area contributed by atoms with Crippen LogP contribution in [0.25, 0.3) is 0 Å². The minimum atomic E-state index is -0.246. The molecule has 2 aromatic rings. The molecule has 3 rings (SSSR count). The predicted octanol–water partition coefficient (Wildman–Crippen LogP) is 4.86. The summed E-state index contributed by atoms with van der Waals surface area (Å²) >= 11 is 0. The molecule has 0 aromatic heterocycles. The molecule has 0 radical (unpaired) electrons. The van der Waals surface area contributed by atoms with E-state index in [0.717, 1.165) is 24.3 Å². The van der Waals surface area contributed by atoms with Crippen molar-refractivity contribution < 1.29 is 14.3 Å². The molecule has 1 amide bonds. The Morgan fingerprint density at radius 2 is 1.78 bits per heavy atom. The number of ether oxygens (including phenoxy) is 2. The van der Waals surface area contributed by atoms with E-state index < -0.39 is 0 Å². The van der Waals surface area contributed by atoms with Crippen molar-refractivity contribution in [2.45, 2.75) is 51.0 Å². The maximum Gasteiger partial charge on any atom is 0.225 e. The van der Waals surface area contributed by atoms with E-state index in [9.17, 15) is 4.79 Å². The van der Waals surface area contributed by atoms with E-state index in [-0.39, 0.29) is 16.9 Å². The molecule has 0 bridgehead atoms. The monoisotopic (exact) mass is 367 g/mol. The lowest BCUT2D eigenvalue weighted by molar-refractivity contribution is -0.122. The van der Waals surface area contributed by atoms with Crippen molar-refractivity contribution in [3.8, 4) is 5.75 Å². The molecule has 4 nitrogen and oxygen atoms in total. The lowest BCUT2D eigenvalue weighted by Gasteiger charge is -2.45. The molecule has 4 heteroatoms. The molecule has 1 N–H and O–H groups in total. The van der Waals surface area contributed by atoms with Crippen LogP contribution in [0.4, 0.5) is 5.69 Å². The summed E-state index contributed by atoms with van der Waals surface area (Å²) in [6.07, 6.45) is 2.10. The smallest absolute Gasteiger partial charge is 0.225 e. The van der Waals surface area contributed by atoms with Crippen LogP contribution in [0.5, 0.6) is 5.75 Å². The van der Waals surface area contributed by atoms with Gasteiger partial charge in [0.2, 0.25) is 5.91 Å². The molecular formula is C23H29NO3. The third-order valence-electron chi connectivity index (χ3n) is 5.37. The van der Waals surface area contributed by atoms with Gasteiger partial charge in [-0.3, -0.25) is 4.79 Å². The summed E-state index contributed by atoms with van der Waals surface area (Å²) in [6.45, 7) is 6.96. The Kier molecular flexibility index (Phi) is 5.56. The first-order valence-corrected chi connectivity index (χ1v) is 9.47. The molecule has 1 fully saturated rings. The van der Waals surface area contributed by atoms with Gasteiger partial charge < -0.3 is 14.8 Å². The molecule has 0 saturated carbocycles. The molecule has 1 saturated heterocycles. The van der Waals surface area contributed by atoms with Gasteiger partial charge in [-0.05, 0) is 63.4 Å². The highest BCUT2D eigenvalue weighted by Crippen LogP contribution is 2.44. The quantitative estimate of drug-likeness (QED) is 0.821. The van der Waals surface area contributed by atoms with E-state index in [2.05, 4.69) is 50.4 Å². The van der Waals surface area contributed by atoms with E-state index in [4.69, 9.17) is 9.47 Å². The molecule has 1 atom stereocenters. The van der Waals surface area contributed by atoms with Crippen LogP contribution in [0.2, 0.25) is 0 Å². The first kappa shape index (κ1) is 19.4. The number of carbonyl (C=O) groups excluding carboxylic acids is 1. The summed E-state index contributed by atoms with van der Waals surface area (Å²) in [6, 6.07) is 16.0. The second kappa shape index (κ2) is 7.73.